The molecule has 0 spiro atoms. The zero-order chi connectivity index (χ0) is 12.0. The summed E-state index contributed by atoms with van der Waals surface area (Å²) in [7, 11) is 0. The Balaban J connectivity index is 1.70. The van der Waals surface area contributed by atoms with Gasteiger partial charge in [0.15, 0.2) is 0 Å². The molecule has 94 valence electrons. The monoisotopic (exact) mass is 238 g/mol. The minimum atomic E-state index is -0.690. The van der Waals surface area contributed by atoms with E-state index in [2.05, 4.69) is 0 Å². The van der Waals surface area contributed by atoms with Gasteiger partial charge in [0, 0.05) is 12.8 Å². The summed E-state index contributed by atoms with van der Waals surface area (Å²) in [6, 6.07) is 0. The van der Waals surface area contributed by atoms with Crippen molar-refractivity contribution in [1.82, 2.24) is 0 Å². The van der Waals surface area contributed by atoms with Crippen LogP contribution in [-0.2, 0) is 14.3 Å². The minimum Gasteiger partial charge on any atom is -0.481 e. The maximum absolute atomic E-state index is 11.2. The normalized spacial score (nSPS) is 42.0. The number of epoxide rings is 1. The summed E-state index contributed by atoms with van der Waals surface area (Å²) < 4.78 is 5.85. The topological polar surface area (TPSA) is 66.9 Å². The van der Waals surface area contributed by atoms with Gasteiger partial charge in [0.05, 0.1) is 17.6 Å². The third-order valence-corrected chi connectivity index (χ3v) is 4.78. The first-order valence-electron chi connectivity index (χ1n) is 6.54. The zero-order valence-corrected chi connectivity index (χ0v) is 9.85. The number of carboxylic acid groups (broad SMARTS) is 1. The number of carboxylic acids is 1. The van der Waals surface area contributed by atoms with Gasteiger partial charge in [0.2, 0.25) is 0 Å². The third-order valence-electron chi connectivity index (χ3n) is 4.78. The van der Waals surface area contributed by atoms with Gasteiger partial charge in [-0.2, -0.15) is 0 Å². The number of rotatable bonds is 2. The van der Waals surface area contributed by atoms with Crippen molar-refractivity contribution in [3.8, 4) is 0 Å². The Morgan fingerprint density at radius 1 is 1.24 bits per heavy atom. The Kier molecular flexibility index (Phi) is 2.51. The second-order valence-electron chi connectivity index (χ2n) is 5.69. The van der Waals surface area contributed by atoms with E-state index < -0.39 is 5.97 Å². The molecule has 1 saturated heterocycles. The van der Waals surface area contributed by atoms with Crippen LogP contribution in [-0.4, -0.2) is 28.6 Å². The summed E-state index contributed by atoms with van der Waals surface area (Å²) in [4.78, 5) is 22.3. The number of carbonyl (C=O) groups is 2. The van der Waals surface area contributed by atoms with E-state index in [0.717, 1.165) is 25.7 Å². The second-order valence-corrected chi connectivity index (χ2v) is 5.69. The quantitative estimate of drug-likeness (QED) is 0.744. The van der Waals surface area contributed by atoms with Crippen LogP contribution >= 0.6 is 0 Å². The molecule has 1 aliphatic heterocycles. The van der Waals surface area contributed by atoms with Crippen LogP contribution < -0.4 is 0 Å². The summed E-state index contributed by atoms with van der Waals surface area (Å²) in [6.45, 7) is 0. The predicted molar refractivity (Wildman–Crippen MR) is 59.5 cm³/mol. The number of fused-ring (bicyclic) bond motifs is 1. The van der Waals surface area contributed by atoms with E-state index in [4.69, 9.17) is 9.84 Å². The van der Waals surface area contributed by atoms with Crippen LogP contribution in [0.1, 0.15) is 44.9 Å². The number of ether oxygens (including phenoxy) is 1. The van der Waals surface area contributed by atoms with Gasteiger partial charge < -0.3 is 9.84 Å². The molecule has 1 heterocycles. The molecule has 2 aliphatic carbocycles. The maximum atomic E-state index is 11.2. The average Bonchev–Trinajstić information content (AvgIpc) is 3.04. The van der Waals surface area contributed by atoms with Crippen molar-refractivity contribution in [2.24, 2.45) is 11.8 Å². The number of hydrogen-bond acceptors (Lipinski definition) is 3. The lowest BCUT2D eigenvalue weighted by Gasteiger charge is -2.32. The molecule has 0 bridgehead atoms. The molecular formula is C13H18O4. The van der Waals surface area contributed by atoms with E-state index in [0.29, 0.717) is 31.0 Å². The SMILES string of the molecule is O=C1CCC(C23CC(C(=O)O)CCC2O3)CC1. The molecule has 0 aromatic carbocycles. The molecule has 0 aromatic rings. The molecule has 17 heavy (non-hydrogen) atoms. The van der Waals surface area contributed by atoms with Crippen LogP contribution in [0.2, 0.25) is 0 Å². The summed E-state index contributed by atoms with van der Waals surface area (Å²) in [6.07, 6.45) is 5.64. The predicted octanol–water partition coefficient (Wildman–Crippen LogP) is 1.77. The van der Waals surface area contributed by atoms with Crippen LogP contribution in [0.5, 0.6) is 0 Å². The Labute approximate surface area is 100 Å². The zero-order valence-electron chi connectivity index (χ0n) is 9.85. The Morgan fingerprint density at radius 3 is 2.59 bits per heavy atom. The number of ketones is 1. The second kappa shape index (κ2) is 3.80. The van der Waals surface area contributed by atoms with E-state index >= 15 is 0 Å². The minimum absolute atomic E-state index is 0.179. The lowest BCUT2D eigenvalue weighted by Crippen LogP contribution is -2.37. The first-order valence-corrected chi connectivity index (χ1v) is 6.54. The molecule has 0 amide bonds. The molecule has 3 fully saturated rings. The fraction of sp³-hybridized carbons (Fsp3) is 0.846. The smallest absolute Gasteiger partial charge is 0.306 e. The van der Waals surface area contributed by atoms with Crippen LogP contribution in [0, 0.1) is 11.8 Å². The highest BCUT2D eigenvalue weighted by atomic mass is 16.6. The molecule has 0 radical (unpaired) electrons. The molecule has 3 atom stereocenters. The Hall–Kier alpha value is -0.900. The van der Waals surface area contributed by atoms with E-state index in [-0.39, 0.29) is 17.6 Å². The molecule has 3 unspecified atom stereocenters. The molecule has 4 heteroatoms. The van der Waals surface area contributed by atoms with E-state index in [1.165, 1.54) is 0 Å². The maximum Gasteiger partial charge on any atom is 0.306 e. The average molecular weight is 238 g/mol. The molecule has 3 aliphatic rings. The summed E-state index contributed by atoms with van der Waals surface area (Å²) in [5.74, 6) is -0.176. The first-order chi connectivity index (χ1) is 8.12. The van der Waals surface area contributed by atoms with Gasteiger partial charge >= 0.3 is 5.97 Å². The largest absolute Gasteiger partial charge is 0.481 e. The van der Waals surface area contributed by atoms with Crippen molar-refractivity contribution in [3.63, 3.8) is 0 Å². The van der Waals surface area contributed by atoms with E-state index in [9.17, 15) is 9.59 Å². The molecule has 2 saturated carbocycles. The van der Waals surface area contributed by atoms with Crippen LogP contribution in [0.25, 0.3) is 0 Å². The first kappa shape index (κ1) is 11.2. The van der Waals surface area contributed by atoms with Crippen molar-refractivity contribution in [2.45, 2.75) is 56.7 Å². The van der Waals surface area contributed by atoms with Crippen molar-refractivity contribution < 1.29 is 19.4 Å². The third kappa shape index (κ3) is 1.79. The summed E-state index contributed by atoms with van der Waals surface area (Å²) in [5.41, 5.74) is -0.179. The van der Waals surface area contributed by atoms with Crippen molar-refractivity contribution in [2.75, 3.05) is 0 Å². The van der Waals surface area contributed by atoms with Gasteiger partial charge in [-0.1, -0.05) is 0 Å². The van der Waals surface area contributed by atoms with Gasteiger partial charge in [-0.25, -0.2) is 0 Å². The highest BCUT2D eigenvalue weighted by molar-refractivity contribution is 5.79. The number of hydrogen-bond donors (Lipinski definition) is 1. The van der Waals surface area contributed by atoms with Gasteiger partial charge in [-0.15, -0.1) is 0 Å². The Bertz CT molecular complexity index is 354. The standard InChI is InChI=1S/C13H18O4/c14-10-4-2-9(3-5-10)13-7-8(12(15)16)1-6-11(13)17-13/h8-9,11H,1-7H2,(H,15,16). The molecular weight excluding hydrogens is 220 g/mol. The number of Topliss-reactive ketones (excluding diaryl/α,β-unsaturated/α-hetero) is 1. The molecule has 3 rings (SSSR count). The summed E-state index contributed by atoms with van der Waals surface area (Å²) >= 11 is 0. The molecule has 4 nitrogen and oxygen atoms in total. The summed E-state index contributed by atoms with van der Waals surface area (Å²) in [5, 5.41) is 9.12. The van der Waals surface area contributed by atoms with Gasteiger partial charge in [0.25, 0.3) is 0 Å². The van der Waals surface area contributed by atoms with E-state index in [1.807, 2.05) is 0 Å². The highest BCUT2D eigenvalue weighted by Crippen LogP contribution is 2.57. The number of aliphatic carboxylic acids is 1. The highest BCUT2D eigenvalue weighted by Gasteiger charge is 2.63. The van der Waals surface area contributed by atoms with Gasteiger partial charge in [-0.3, -0.25) is 9.59 Å². The van der Waals surface area contributed by atoms with Gasteiger partial charge in [0.1, 0.15) is 5.78 Å². The van der Waals surface area contributed by atoms with Crippen molar-refractivity contribution in [1.29, 1.82) is 0 Å². The molecule has 0 aromatic heterocycles. The lowest BCUT2D eigenvalue weighted by atomic mass is 9.70. The van der Waals surface area contributed by atoms with Crippen LogP contribution in [0.4, 0.5) is 0 Å². The van der Waals surface area contributed by atoms with Gasteiger partial charge in [-0.05, 0) is 38.0 Å². The molecule has 1 N–H and O–H groups in total. The van der Waals surface area contributed by atoms with E-state index in [1.54, 1.807) is 0 Å². The van der Waals surface area contributed by atoms with Crippen LogP contribution in [0.3, 0.4) is 0 Å². The fourth-order valence-electron chi connectivity index (χ4n) is 3.72. The lowest BCUT2D eigenvalue weighted by molar-refractivity contribution is -0.143. The number of carbonyl (C=O) groups excluding carboxylic acids is 1. The van der Waals surface area contributed by atoms with Crippen LogP contribution in [0.15, 0.2) is 0 Å². The van der Waals surface area contributed by atoms with Crippen molar-refractivity contribution in [3.05, 3.63) is 0 Å². The fourth-order valence-corrected chi connectivity index (χ4v) is 3.72. The Morgan fingerprint density at radius 2 is 1.94 bits per heavy atom. The van der Waals surface area contributed by atoms with Crippen molar-refractivity contribution >= 4 is 11.8 Å².